The maximum atomic E-state index is 14.5. The smallest absolute Gasteiger partial charge is 0.309 e. The molecule has 0 unspecified atom stereocenters. The fourth-order valence-electron chi connectivity index (χ4n) is 22.2. The number of ether oxygens (including phenoxy) is 12. The van der Waals surface area contributed by atoms with Crippen LogP contribution in [0.5, 0.6) is 0 Å². The molecule has 10 saturated heterocycles. The van der Waals surface area contributed by atoms with E-state index in [1.54, 1.807) is 33.1 Å². The molecule has 0 saturated carbocycles. The van der Waals surface area contributed by atoms with E-state index in [4.69, 9.17) is 56.8 Å². The summed E-state index contributed by atoms with van der Waals surface area (Å²) < 4.78 is 80.6. The first-order valence-corrected chi connectivity index (χ1v) is 41.2. The molecular weight excluding hydrogens is 1350 g/mol. The number of aliphatic hydroxyl groups is 5. The summed E-state index contributed by atoms with van der Waals surface area (Å²) in [7, 11) is 1.77. The molecule has 3 spiro atoms. The molecule has 11 aliphatic rings. The van der Waals surface area contributed by atoms with Gasteiger partial charge in [-0.2, -0.15) is 0 Å². The Hall–Kier alpha value is -2.33. The fourth-order valence-corrected chi connectivity index (χ4v) is 22.2. The van der Waals surface area contributed by atoms with E-state index >= 15 is 0 Å². The molecule has 10 fully saturated rings. The van der Waals surface area contributed by atoms with E-state index in [9.17, 15) is 50.1 Å². The van der Waals surface area contributed by atoms with Crippen LogP contribution in [0.25, 0.3) is 0 Å². The molecule has 22 nitrogen and oxygen atoms in total. The maximum absolute atomic E-state index is 14.5. The number of ketones is 1. The van der Waals surface area contributed by atoms with Gasteiger partial charge in [0.25, 0.3) is 0 Å². The Bertz CT molecular complexity index is 2970. The minimum atomic E-state index is -1.55. The van der Waals surface area contributed by atoms with Crippen LogP contribution in [0.2, 0.25) is 0 Å². The van der Waals surface area contributed by atoms with Gasteiger partial charge in [0.05, 0.1) is 126 Å². The first-order chi connectivity index (χ1) is 49.1. The number of Topliss-reactive ketones (excluding diaryl/α,β-unsaturated/α-hetero) is 1. The molecule has 11 heterocycles. The largest absolute Gasteiger partial charge is 0.481 e. The van der Waals surface area contributed by atoms with Crippen LogP contribution in [0, 0.1) is 88.8 Å². The number of carboxylic acids is 2. The minimum Gasteiger partial charge on any atom is -0.481 e. The predicted molar refractivity (Wildman–Crippen MR) is 392 cm³/mol. The lowest BCUT2D eigenvalue weighted by molar-refractivity contribution is -0.409. The van der Waals surface area contributed by atoms with Crippen molar-refractivity contribution in [2.45, 2.75) is 391 Å². The Morgan fingerprint density at radius 2 is 1.25 bits per heavy atom. The summed E-state index contributed by atoms with van der Waals surface area (Å²) in [6.45, 7) is 40.1. The van der Waals surface area contributed by atoms with Gasteiger partial charge in [0.1, 0.15) is 11.9 Å². The number of carbonyl (C=O) groups is 3. The second-order valence-electron chi connectivity index (χ2n) is 36.9. The molecule has 0 radical (unpaired) electrons. The molecule has 38 atom stereocenters. The Morgan fingerprint density at radius 1 is 0.590 bits per heavy atom. The van der Waals surface area contributed by atoms with Gasteiger partial charge in [-0.15, -0.1) is 0 Å². The molecule has 105 heavy (non-hydrogen) atoms. The highest BCUT2D eigenvalue weighted by molar-refractivity contribution is 5.84. The van der Waals surface area contributed by atoms with Crippen LogP contribution in [0.3, 0.4) is 0 Å². The first-order valence-electron chi connectivity index (χ1n) is 41.2. The number of methoxy groups -OCH3 is 1. The summed E-state index contributed by atoms with van der Waals surface area (Å²) in [5, 5.41) is 74.8. The molecule has 11 aliphatic heterocycles. The molecule has 0 amide bonds. The number of carbonyl (C=O) groups excluding carboxylic acids is 1. The average molecular weight is 1490 g/mol. The molecular formula is C83H140O22. The van der Waals surface area contributed by atoms with Crippen LogP contribution < -0.4 is 0 Å². The normalized spacial score (nSPS) is 50.5. The van der Waals surface area contributed by atoms with E-state index in [1.807, 2.05) is 55.4 Å². The second kappa shape index (κ2) is 32.6. The van der Waals surface area contributed by atoms with Gasteiger partial charge in [-0.25, -0.2) is 0 Å². The molecule has 0 bridgehead atoms. The molecule has 22 heteroatoms. The standard InChI is InChI=1S/C43H72O11.C40H68O11/c1-12-30(35(46)27(8)34(45)28(9)36-23(4)21-24(5)37(51-36)31(13-2)39(47)48)38-25(6)22-26(7)42(52-38)18-15-32(44)43(54-42)20-19-40(11,53-43)33-16-17-41(49,14-3)29(10)50-33;1-21-11-12-28(46-33(21)26(6)36(42)43)17-29-18-30(45-10)27(7)40(48-29)25(5)19-38(9,51-40)32-13-14-37(8,49-32)35-23(3)16-31(47-35)34-22(2)15-24(4)39(44,20-41)50-34/h15,18,23-34,36-38,44-45,49H,12-14,16-17,19-22H2,1-11H3,(H,47,48);21-35,41,44H,11-20H2,1-10H3,(H,42,43)/t23-,24-,25-,26+,27-,28-,29-,30-,31+,32+,33+,34+,36+,37+,38-,40-,41+,42-,43-;21-,22-,23-,24+,25+,26+,27+,28+,29+,30+,31+,32+,33+,34-,35+,37-,38-,39-,40+/m00/s1. The Labute approximate surface area is 627 Å². The van der Waals surface area contributed by atoms with E-state index in [0.717, 1.165) is 57.8 Å². The predicted octanol–water partition coefficient (Wildman–Crippen LogP) is 12.1. The average Bonchev–Trinajstić information content (AvgIpc) is 1.72. The van der Waals surface area contributed by atoms with E-state index in [-0.39, 0.29) is 132 Å². The van der Waals surface area contributed by atoms with E-state index < -0.39 is 118 Å². The molecule has 604 valence electrons. The van der Waals surface area contributed by atoms with Crippen molar-refractivity contribution in [3.63, 3.8) is 0 Å². The minimum absolute atomic E-state index is 0.00727. The third kappa shape index (κ3) is 16.3. The number of hydrogen-bond donors (Lipinski definition) is 7. The first kappa shape index (κ1) is 85.1. The van der Waals surface area contributed by atoms with Crippen LogP contribution >= 0.6 is 0 Å². The van der Waals surface area contributed by atoms with Gasteiger partial charge in [0.15, 0.2) is 17.4 Å². The monoisotopic (exact) mass is 1490 g/mol. The molecule has 0 aromatic heterocycles. The zero-order valence-corrected chi connectivity index (χ0v) is 67.7. The lowest BCUT2D eigenvalue weighted by Gasteiger charge is -2.54. The topological polar surface area (TPSA) is 304 Å². The summed E-state index contributed by atoms with van der Waals surface area (Å²) in [5.74, 6) is -9.06. The van der Waals surface area contributed by atoms with Crippen molar-refractivity contribution in [2.75, 3.05) is 13.7 Å². The van der Waals surface area contributed by atoms with Crippen molar-refractivity contribution < 1.29 is 107 Å². The third-order valence-electron chi connectivity index (χ3n) is 29.2. The molecule has 0 aliphatic carbocycles. The van der Waals surface area contributed by atoms with Gasteiger partial charge < -0.3 is 92.6 Å². The lowest BCUT2D eigenvalue weighted by Crippen LogP contribution is -2.63. The lowest BCUT2D eigenvalue weighted by atomic mass is 9.72. The van der Waals surface area contributed by atoms with Crippen molar-refractivity contribution in [1.29, 1.82) is 0 Å². The van der Waals surface area contributed by atoms with Gasteiger partial charge in [0.2, 0.25) is 5.79 Å². The zero-order valence-electron chi connectivity index (χ0n) is 67.7. The van der Waals surface area contributed by atoms with Crippen LogP contribution in [0.4, 0.5) is 0 Å². The third-order valence-corrected chi connectivity index (χ3v) is 29.2. The number of carboxylic acid groups (broad SMARTS) is 2. The number of hydrogen-bond acceptors (Lipinski definition) is 20. The summed E-state index contributed by atoms with van der Waals surface area (Å²) in [5.41, 5.74) is -2.73. The van der Waals surface area contributed by atoms with Gasteiger partial charge in [-0.05, 0) is 179 Å². The van der Waals surface area contributed by atoms with E-state index in [2.05, 4.69) is 69.2 Å². The highest BCUT2D eigenvalue weighted by atomic mass is 16.8. The molecule has 0 aromatic carbocycles. The Balaban J connectivity index is 0.000000225. The van der Waals surface area contributed by atoms with Crippen LogP contribution in [-0.2, 0) is 71.2 Å². The highest BCUT2D eigenvalue weighted by Crippen LogP contribution is 2.59. The van der Waals surface area contributed by atoms with E-state index in [1.165, 1.54) is 0 Å². The quantitative estimate of drug-likeness (QED) is 0.0525. The maximum Gasteiger partial charge on any atom is 0.309 e. The number of aliphatic hydroxyl groups excluding tert-OH is 3. The summed E-state index contributed by atoms with van der Waals surface area (Å²) in [6.07, 6.45) is 10.6. The highest BCUT2D eigenvalue weighted by Gasteiger charge is 2.67. The SMILES string of the molecule is CC[C@@H](C(=O)O)[C@@H]1O[C@@H]([C@@H](C)[C@H](O)[C@H](C)C(=O)[C@H](CC)[C@H]2O[C@]3(C=C[C@@H](O)[C@]4(CC[C@@](C)([C@H]5CC[C@](O)(CC)[C@H](C)O5)O4)O3)[C@H](C)C[C@@H]2C)[C@@H](C)C[C@@H]1C.CO[C@@H]1C[C@@H](C[C@H]2CC[C@H](C)[C@H]([C@@H](C)C(=O)O)O2)O[C@]2(O[C@](C)([C@H]3CC[C@@](C)([C@@H]4O[C@@H]([C@H]5O[C@@](O)(CO)[C@H](C)C[C@@H]5C)C[C@@H]4C)O3)C[C@H]2C)[C@@H]1C. The van der Waals surface area contributed by atoms with Gasteiger partial charge in [-0.3, -0.25) is 14.4 Å². The summed E-state index contributed by atoms with van der Waals surface area (Å²) in [6, 6.07) is 0. The molecule has 0 aromatic rings. The number of rotatable bonds is 21. The van der Waals surface area contributed by atoms with Crippen LogP contribution in [-0.4, -0.2) is 204 Å². The van der Waals surface area contributed by atoms with E-state index in [0.29, 0.717) is 57.8 Å². The van der Waals surface area contributed by atoms with Crippen molar-refractivity contribution in [1.82, 2.24) is 0 Å². The van der Waals surface area contributed by atoms with Crippen molar-refractivity contribution >= 4 is 17.7 Å². The Morgan fingerprint density at radius 3 is 1.88 bits per heavy atom. The van der Waals surface area contributed by atoms with Crippen molar-refractivity contribution in [2.24, 2.45) is 88.8 Å². The molecule has 11 rings (SSSR count). The fraction of sp³-hybridized carbons (Fsp3) is 0.940. The summed E-state index contributed by atoms with van der Waals surface area (Å²) >= 11 is 0. The van der Waals surface area contributed by atoms with Crippen LogP contribution in [0.15, 0.2) is 12.2 Å². The van der Waals surface area contributed by atoms with Crippen LogP contribution in [0.1, 0.15) is 254 Å². The van der Waals surface area contributed by atoms with Gasteiger partial charge in [-0.1, -0.05) is 104 Å². The molecule has 7 N–H and O–H groups in total. The summed E-state index contributed by atoms with van der Waals surface area (Å²) in [4.78, 5) is 38.4. The zero-order chi connectivity index (χ0) is 77.4. The van der Waals surface area contributed by atoms with Gasteiger partial charge in [0, 0.05) is 67.8 Å². The van der Waals surface area contributed by atoms with Crippen molar-refractivity contribution in [3.05, 3.63) is 12.2 Å². The Kier molecular flexibility index (Phi) is 26.5. The van der Waals surface area contributed by atoms with Crippen molar-refractivity contribution in [3.8, 4) is 0 Å². The number of aliphatic carboxylic acids is 2. The van der Waals surface area contributed by atoms with Gasteiger partial charge >= 0.3 is 11.9 Å². The second-order valence-corrected chi connectivity index (χ2v) is 36.9.